The van der Waals surface area contributed by atoms with Crippen LogP contribution in [0.1, 0.15) is 43.0 Å². The number of nitrogens with zero attached hydrogens (tertiary/aromatic N) is 3. The maximum atomic E-state index is 13.7. The number of aliphatic hydroxyl groups is 1. The summed E-state index contributed by atoms with van der Waals surface area (Å²) in [6.07, 6.45) is 0.809. The summed E-state index contributed by atoms with van der Waals surface area (Å²) in [7, 11) is 1.54. The highest BCUT2D eigenvalue weighted by atomic mass is 35.5. The molecular formula is C32H30ClN3O6S2. The molecule has 0 bridgehead atoms. The van der Waals surface area contributed by atoms with Gasteiger partial charge in [-0.25, -0.2) is 0 Å². The molecule has 12 heteroatoms. The molecule has 1 aliphatic rings. The van der Waals surface area contributed by atoms with Gasteiger partial charge in [0.15, 0.2) is 15.8 Å². The molecule has 0 spiro atoms. The highest BCUT2D eigenvalue weighted by molar-refractivity contribution is 8.00. The Bertz CT molecular complexity index is 1690. The average molecular weight is 652 g/mol. The number of anilines is 1. The van der Waals surface area contributed by atoms with Crippen LogP contribution in [0.4, 0.5) is 5.13 Å². The molecule has 2 heterocycles. The monoisotopic (exact) mass is 651 g/mol. The van der Waals surface area contributed by atoms with Crippen LogP contribution in [0.3, 0.4) is 0 Å². The second-order valence-electron chi connectivity index (χ2n) is 9.62. The van der Waals surface area contributed by atoms with Crippen molar-refractivity contribution in [1.82, 2.24) is 10.2 Å². The van der Waals surface area contributed by atoms with Crippen LogP contribution in [0, 0.1) is 0 Å². The Hall–Kier alpha value is -4.06. The zero-order valence-corrected chi connectivity index (χ0v) is 26.7. The summed E-state index contributed by atoms with van der Waals surface area (Å²) in [6, 6.07) is 18.3. The van der Waals surface area contributed by atoms with E-state index >= 15 is 0 Å². The number of benzene rings is 3. The minimum absolute atomic E-state index is 0.0784. The lowest BCUT2D eigenvalue weighted by Crippen LogP contribution is -2.29. The van der Waals surface area contributed by atoms with Crippen LogP contribution in [0.15, 0.2) is 76.6 Å². The number of amides is 1. The Morgan fingerprint density at radius 1 is 1.02 bits per heavy atom. The molecule has 0 saturated carbocycles. The second-order valence-corrected chi connectivity index (χ2v) is 12.2. The zero-order valence-electron chi connectivity index (χ0n) is 24.3. The van der Waals surface area contributed by atoms with Crippen LogP contribution < -0.4 is 19.1 Å². The predicted octanol–water partition coefficient (Wildman–Crippen LogP) is 7.31. The largest absolute Gasteiger partial charge is 0.507 e. The molecule has 0 radical (unpaired) electrons. The lowest BCUT2D eigenvalue weighted by Gasteiger charge is -2.23. The Morgan fingerprint density at radius 2 is 1.80 bits per heavy atom. The lowest BCUT2D eigenvalue weighted by molar-refractivity contribution is -0.132. The number of rotatable bonds is 12. The number of methoxy groups -OCH3 is 1. The van der Waals surface area contributed by atoms with Gasteiger partial charge in [-0.15, -0.1) is 10.2 Å². The minimum atomic E-state index is -1.01. The van der Waals surface area contributed by atoms with Gasteiger partial charge in [0.25, 0.3) is 5.78 Å². The number of thioether (sulfide) groups is 1. The first kappa shape index (κ1) is 31.4. The van der Waals surface area contributed by atoms with E-state index in [-0.39, 0.29) is 16.5 Å². The van der Waals surface area contributed by atoms with E-state index in [0.717, 1.165) is 12.0 Å². The SMILES string of the molecule is CCCOc1ccc(C2/C(=C(\O)c3ccc(OC)cc3)C(=O)C(=O)N2c2nnc(SCc3ccccc3Cl)s2)cc1OCC. The fraction of sp³-hybridized carbons (Fsp3) is 0.250. The number of carbonyl (C=O) groups excluding carboxylic acids is 2. The van der Waals surface area contributed by atoms with Gasteiger partial charge in [0.2, 0.25) is 5.13 Å². The summed E-state index contributed by atoms with van der Waals surface area (Å²) in [6.45, 7) is 4.73. The van der Waals surface area contributed by atoms with E-state index in [4.69, 9.17) is 25.8 Å². The van der Waals surface area contributed by atoms with E-state index in [1.807, 2.05) is 38.1 Å². The van der Waals surface area contributed by atoms with E-state index in [2.05, 4.69) is 10.2 Å². The highest BCUT2D eigenvalue weighted by Crippen LogP contribution is 2.46. The maximum absolute atomic E-state index is 13.7. The van der Waals surface area contributed by atoms with E-state index in [1.54, 1.807) is 42.5 Å². The van der Waals surface area contributed by atoms with Gasteiger partial charge < -0.3 is 19.3 Å². The number of halogens is 1. The van der Waals surface area contributed by atoms with Crippen molar-refractivity contribution in [2.45, 2.75) is 36.4 Å². The number of ketones is 1. The zero-order chi connectivity index (χ0) is 31.2. The van der Waals surface area contributed by atoms with Crippen molar-refractivity contribution >= 4 is 57.3 Å². The highest BCUT2D eigenvalue weighted by Gasteiger charge is 2.48. The first-order valence-electron chi connectivity index (χ1n) is 13.9. The maximum Gasteiger partial charge on any atom is 0.301 e. The molecule has 1 unspecified atom stereocenters. The first-order valence-corrected chi connectivity index (χ1v) is 16.1. The van der Waals surface area contributed by atoms with Gasteiger partial charge in [-0.3, -0.25) is 14.5 Å². The third kappa shape index (κ3) is 6.54. The fourth-order valence-corrected chi connectivity index (χ4v) is 6.81. The number of hydrogen-bond donors (Lipinski definition) is 1. The van der Waals surface area contributed by atoms with Gasteiger partial charge in [-0.2, -0.15) is 0 Å². The Labute approximate surface area is 268 Å². The molecular weight excluding hydrogens is 622 g/mol. The van der Waals surface area contributed by atoms with Crippen LogP contribution in [0.2, 0.25) is 5.02 Å². The van der Waals surface area contributed by atoms with E-state index in [0.29, 0.717) is 56.7 Å². The Morgan fingerprint density at radius 3 is 2.50 bits per heavy atom. The molecule has 0 aliphatic carbocycles. The van der Waals surface area contributed by atoms with Crippen LogP contribution in [0.25, 0.3) is 5.76 Å². The van der Waals surface area contributed by atoms with E-state index in [1.165, 1.54) is 35.1 Å². The molecule has 5 rings (SSSR count). The third-order valence-electron chi connectivity index (χ3n) is 6.76. The van der Waals surface area contributed by atoms with Gasteiger partial charge in [-0.05, 0) is 66.9 Å². The van der Waals surface area contributed by atoms with Gasteiger partial charge in [0, 0.05) is 16.3 Å². The van der Waals surface area contributed by atoms with Crippen molar-refractivity contribution in [3.63, 3.8) is 0 Å². The van der Waals surface area contributed by atoms with Crippen LogP contribution in [-0.2, 0) is 15.3 Å². The quantitative estimate of drug-likeness (QED) is 0.0554. The molecule has 1 fully saturated rings. The summed E-state index contributed by atoms with van der Waals surface area (Å²) in [5.74, 6) is 0.144. The summed E-state index contributed by atoms with van der Waals surface area (Å²) in [5.41, 5.74) is 1.75. The number of Topliss-reactive ketones (excluding diaryl/α,β-unsaturated/α-hetero) is 1. The molecule has 3 aromatic carbocycles. The summed E-state index contributed by atoms with van der Waals surface area (Å²) in [5, 5.41) is 20.9. The predicted molar refractivity (Wildman–Crippen MR) is 172 cm³/mol. The van der Waals surface area contributed by atoms with Gasteiger partial charge >= 0.3 is 5.91 Å². The number of hydrogen-bond acceptors (Lipinski definition) is 10. The molecule has 1 aliphatic heterocycles. The summed E-state index contributed by atoms with van der Waals surface area (Å²) in [4.78, 5) is 28.6. The Balaban J connectivity index is 1.58. The normalized spacial score (nSPS) is 15.9. The van der Waals surface area contributed by atoms with Crippen molar-refractivity contribution in [3.05, 3.63) is 94.0 Å². The Kier molecular flexibility index (Phi) is 10.1. The topological polar surface area (TPSA) is 111 Å². The molecule has 1 amide bonds. The van der Waals surface area contributed by atoms with Crippen LogP contribution in [-0.4, -0.2) is 47.3 Å². The molecule has 1 N–H and O–H groups in total. The molecule has 1 atom stereocenters. The van der Waals surface area contributed by atoms with E-state index in [9.17, 15) is 14.7 Å². The van der Waals surface area contributed by atoms with Crippen LogP contribution >= 0.6 is 34.7 Å². The number of aromatic nitrogens is 2. The molecule has 9 nitrogen and oxygen atoms in total. The molecule has 4 aromatic rings. The van der Waals surface area contributed by atoms with E-state index < -0.39 is 17.7 Å². The van der Waals surface area contributed by atoms with Gasteiger partial charge in [0.1, 0.15) is 11.5 Å². The minimum Gasteiger partial charge on any atom is -0.507 e. The van der Waals surface area contributed by atoms with Gasteiger partial charge in [-0.1, -0.05) is 65.9 Å². The average Bonchev–Trinajstić information content (AvgIpc) is 3.61. The molecule has 1 aromatic heterocycles. The van der Waals surface area contributed by atoms with Crippen molar-refractivity contribution < 1.29 is 28.9 Å². The molecule has 1 saturated heterocycles. The number of ether oxygens (including phenoxy) is 3. The third-order valence-corrected chi connectivity index (χ3v) is 9.24. The summed E-state index contributed by atoms with van der Waals surface area (Å²) >= 11 is 8.91. The van der Waals surface area contributed by atoms with Crippen molar-refractivity contribution in [1.29, 1.82) is 0 Å². The standard InChI is InChI=1S/C32H30ClN3O6S2/c1-4-16-42-24-15-12-20(17-25(24)41-5-2)27-26(28(37)19-10-13-22(40-3)14-11-19)29(38)30(39)36(27)31-34-35-32(44-31)43-18-21-8-6-7-9-23(21)33/h6-15,17,27,37H,4-5,16,18H2,1-3H3/b28-26+. The smallest absolute Gasteiger partial charge is 0.301 e. The number of aliphatic hydroxyl groups excluding tert-OH is 1. The molecule has 44 heavy (non-hydrogen) atoms. The summed E-state index contributed by atoms with van der Waals surface area (Å²) < 4.78 is 17.6. The van der Waals surface area contributed by atoms with Crippen molar-refractivity contribution in [2.24, 2.45) is 0 Å². The van der Waals surface area contributed by atoms with Gasteiger partial charge in [0.05, 0.1) is 31.9 Å². The number of carbonyl (C=O) groups is 2. The first-order chi connectivity index (χ1) is 21.4. The molecule has 228 valence electrons. The van der Waals surface area contributed by atoms with Crippen LogP contribution in [0.5, 0.6) is 17.2 Å². The second kappa shape index (κ2) is 14.1. The fourth-order valence-electron chi connectivity index (χ4n) is 4.66. The van der Waals surface area contributed by atoms with Crippen molar-refractivity contribution in [2.75, 3.05) is 25.2 Å². The van der Waals surface area contributed by atoms with Crippen molar-refractivity contribution in [3.8, 4) is 17.2 Å². The lowest BCUT2D eigenvalue weighted by atomic mass is 9.95.